The molecule has 0 radical (unpaired) electrons. The first-order valence-electron chi connectivity index (χ1n) is 9.22. The number of morpholine rings is 1. The maximum Gasteiger partial charge on any atom is 0.244 e. The summed E-state index contributed by atoms with van der Waals surface area (Å²) in [6.07, 6.45) is 3.30. The summed E-state index contributed by atoms with van der Waals surface area (Å²) in [5.41, 5.74) is 2.94. The number of carbonyl (C=O) groups is 1. The smallest absolute Gasteiger partial charge is 0.244 e. The van der Waals surface area contributed by atoms with Gasteiger partial charge in [0, 0.05) is 32.3 Å². The zero-order valence-electron chi connectivity index (χ0n) is 15.5. The predicted molar refractivity (Wildman–Crippen MR) is 104 cm³/mol. The van der Waals surface area contributed by atoms with E-state index in [2.05, 4.69) is 29.3 Å². The van der Waals surface area contributed by atoms with Crippen LogP contribution in [0.4, 0.5) is 4.39 Å². The van der Waals surface area contributed by atoms with Crippen LogP contribution >= 0.6 is 0 Å². The van der Waals surface area contributed by atoms with Gasteiger partial charge in [0.1, 0.15) is 5.82 Å². The van der Waals surface area contributed by atoms with Crippen LogP contribution in [0.1, 0.15) is 23.6 Å². The highest BCUT2D eigenvalue weighted by atomic mass is 19.1. The van der Waals surface area contributed by atoms with Gasteiger partial charge in [-0.3, -0.25) is 9.69 Å². The van der Waals surface area contributed by atoms with Crippen molar-refractivity contribution >= 4 is 12.0 Å². The highest BCUT2D eigenvalue weighted by Crippen LogP contribution is 2.12. The molecule has 1 aliphatic rings. The number of nitrogens with one attached hydrogen (secondary N) is 1. The maximum absolute atomic E-state index is 13.1. The van der Waals surface area contributed by atoms with Gasteiger partial charge in [0.2, 0.25) is 5.91 Å². The number of nitrogens with zero attached hydrogens (tertiary/aromatic N) is 1. The van der Waals surface area contributed by atoms with Crippen LogP contribution in [-0.4, -0.2) is 36.6 Å². The monoisotopic (exact) mass is 368 g/mol. The summed E-state index contributed by atoms with van der Waals surface area (Å²) in [5.74, 6) is -0.518. The van der Waals surface area contributed by atoms with Crippen LogP contribution in [0.3, 0.4) is 0 Å². The highest BCUT2D eigenvalue weighted by molar-refractivity contribution is 5.91. The van der Waals surface area contributed by atoms with E-state index in [0.717, 1.165) is 31.8 Å². The number of hydrogen-bond donors (Lipinski definition) is 1. The Hall–Kier alpha value is -2.50. The molecular formula is C22H25FN2O2. The van der Waals surface area contributed by atoms with Crippen LogP contribution < -0.4 is 5.32 Å². The number of ether oxygens (including phenoxy) is 1. The Labute approximate surface area is 159 Å². The molecule has 1 saturated heterocycles. The van der Waals surface area contributed by atoms with Crippen LogP contribution in [0.15, 0.2) is 54.6 Å². The number of amides is 1. The summed E-state index contributed by atoms with van der Waals surface area (Å²) >= 11 is 0. The molecule has 1 aliphatic heterocycles. The second-order valence-electron chi connectivity index (χ2n) is 6.84. The van der Waals surface area contributed by atoms with Gasteiger partial charge in [-0.2, -0.15) is 0 Å². The molecule has 2 aromatic rings. The highest BCUT2D eigenvalue weighted by Gasteiger charge is 2.16. The molecule has 1 heterocycles. The Morgan fingerprint density at radius 2 is 2.07 bits per heavy atom. The molecule has 3 rings (SSSR count). The minimum absolute atomic E-state index is 0.202. The fourth-order valence-corrected chi connectivity index (χ4v) is 3.16. The van der Waals surface area contributed by atoms with E-state index in [1.165, 1.54) is 23.8 Å². The minimum atomic E-state index is -0.316. The van der Waals surface area contributed by atoms with Crippen molar-refractivity contribution in [1.82, 2.24) is 10.2 Å². The lowest BCUT2D eigenvalue weighted by Crippen LogP contribution is -2.40. The molecule has 0 saturated carbocycles. The first kappa shape index (κ1) is 19.3. The lowest BCUT2D eigenvalue weighted by molar-refractivity contribution is -0.116. The van der Waals surface area contributed by atoms with Crippen molar-refractivity contribution in [3.8, 4) is 0 Å². The lowest BCUT2D eigenvalue weighted by Gasteiger charge is -2.31. The summed E-state index contributed by atoms with van der Waals surface area (Å²) in [6, 6.07) is 14.4. The lowest BCUT2D eigenvalue weighted by atomic mass is 10.1. The summed E-state index contributed by atoms with van der Waals surface area (Å²) < 4.78 is 18.7. The van der Waals surface area contributed by atoms with Gasteiger partial charge in [-0.05, 0) is 41.8 Å². The van der Waals surface area contributed by atoms with Crippen molar-refractivity contribution in [1.29, 1.82) is 0 Å². The third kappa shape index (κ3) is 6.31. The van der Waals surface area contributed by atoms with Crippen LogP contribution in [0.25, 0.3) is 6.08 Å². The summed E-state index contributed by atoms with van der Waals surface area (Å²) in [5, 5.41) is 2.87. The fourth-order valence-electron chi connectivity index (χ4n) is 3.16. The van der Waals surface area contributed by atoms with Gasteiger partial charge >= 0.3 is 0 Å². The zero-order chi connectivity index (χ0) is 19.1. The zero-order valence-corrected chi connectivity index (χ0v) is 15.5. The Morgan fingerprint density at radius 3 is 2.89 bits per heavy atom. The Bertz CT molecular complexity index is 806. The molecule has 0 bridgehead atoms. The molecule has 1 amide bonds. The third-order valence-electron chi connectivity index (χ3n) is 4.47. The topological polar surface area (TPSA) is 41.6 Å². The molecule has 2 aromatic carbocycles. The number of carbonyl (C=O) groups excluding carboxylic acids is 1. The standard InChI is InChI=1S/C22H25FN2O2/c1-17-15-25(10-11-27-17)16-20-6-2-5-19(12-20)14-24-22(26)9-8-18-4-3-7-21(23)13-18/h2-9,12-13,17H,10-11,14-16H2,1H3,(H,24,26)/b9-8+. The van der Waals surface area contributed by atoms with Crippen molar-refractivity contribution in [2.24, 2.45) is 0 Å². The van der Waals surface area contributed by atoms with Gasteiger partial charge in [0.25, 0.3) is 0 Å². The molecule has 5 heteroatoms. The fraction of sp³-hybridized carbons (Fsp3) is 0.318. The summed E-state index contributed by atoms with van der Waals surface area (Å²) in [4.78, 5) is 14.4. The molecular weight excluding hydrogens is 343 g/mol. The second kappa shape index (κ2) is 9.44. The molecule has 142 valence electrons. The second-order valence-corrected chi connectivity index (χ2v) is 6.84. The van der Waals surface area contributed by atoms with Gasteiger partial charge < -0.3 is 10.1 Å². The molecule has 0 aliphatic carbocycles. The summed E-state index contributed by atoms with van der Waals surface area (Å²) in [7, 11) is 0. The largest absolute Gasteiger partial charge is 0.376 e. The minimum Gasteiger partial charge on any atom is -0.376 e. The van der Waals surface area contributed by atoms with Gasteiger partial charge in [-0.15, -0.1) is 0 Å². The quantitative estimate of drug-likeness (QED) is 0.795. The first-order chi connectivity index (χ1) is 13.1. The van der Waals surface area contributed by atoms with Crippen LogP contribution in [0.2, 0.25) is 0 Å². The van der Waals surface area contributed by atoms with Gasteiger partial charge in [-0.25, -0.2) is 4.39 Å². The van der Waals surface area contributed by atoms with Crippen LogP contribution in [0, 0.1) is 5.82 Å². The van der Waals surface area contributed by atoms with E-state index in [1.54, 1.807) is 18.2 Å². The summed E-state index contributed by atoms with van der Waals surface area (Å²) in [6.45, 7) is 6.08. The van der Waals surface area contributed by atoms with E-state index >= 15 is 0 Å². The van der Waals surface area contributed by atoms with Crippen molar-refractivity contribution in [2.45, 2.75) is 26.1 Å². The van der Waals surface area contributed by atoms with E-state index in [4.69, 9.17) is 4.74 Å². The number of hydrogen-bond acceptors (Lipinski definition) is 3. The Morgan fingerprint density at radius 1 is 1.26 bits per heavy atom. The molecule has 1 N–H and O–H groups in total. The maximum atomic E-state index is 13.1. The normalized spacial score (nSPS) is 17.9. The first-order valence-corrected chi connectivity index (χ1v) is 9.22. The Balaban J connectivity index is 1.51. The molecule has 0 spiro atoms. The van der Waals surface area contributed by atoms with Crippen molar-refractivity contribution in [3.63, 3.8) is 0 Å². The van der Waals surface area contributed by atoms with E-state index in [9.17, 15) is 9.18 Å². The van der Waals surface area contributed by atoms with Gasteiger partial charge in [0.05, 0.1) is 12.7 Å². The molecule has 27 heavy (non-hydrogen) atoms. The van der Waals surface area contributed by atoms with E-state index < -0.39 is 0 Å². The van der Waals surface area contributed by atoms with Crippen LogP contribution in [-0.2, 0) is 22.6 Å². The SMILES string of the molecule is CC1CN(Cc2cccc(CNC(=O)/C=C/c3cccc(F)c3)c2)CCO1. The molecule has 1 unspecified atom stereocenters. The van der Waals surface area contributed by atoms with E-state index in [0.29, 0.717) is 12.1 Å². The molecule has 4 nitrogen and oxygen atoms in total. The number of rotatable bonds is 6. The molecule has 0 aromatic heterocycles. The third-order valence-corrected chi connectivity index (χ3v) is 4.47. The van der Waals surface area contributed by atoms with Crippen molar-refractivity contribution in [3.05, 3.63) is 77.1 Å². The van der Waals surface area contributed by atoms with Gasteiger partial charge in [0.15, 0.2) is 0 Å². The van der Waals surface area contributed by atoms with E-state index in [-0.39, 0.29) is 17.8 Å². The van der Waals surface area contributed by atoms with Crippen molar-refractivity contribution in [2.75, 3.05) is 19.7 Å². The van der Waals surface area contributed by atoms with E-state index in [1.807, 2.05) is 12.1 Å². The van der Waals surface area contributed by atoms with Crippen LogP contribution in [0.5, 0.6) is 0 Å². The number of benzene rings is 2. The van der Waals surface area contributed by atoms with Gasteiger partial charge in [-0.1, -0.05) is 36.4 Å². The Kier molecular flexibility index (Phi) is 6.74. The molecule has 1 fully saturated rings. The predicted octanol–water partition coefficient (Wildman–Crippen LogP) is 3.38. The van der Waals surface area contributed by atoms with Crippen molar-refractivity contribution < 1.29 is 13.9 Å². The average molecular weight is 368 g/mol. The number of halogens is 1. The molecule has 1 atom stereocenters. The average Bonchev–Trinajstić information content (AvgIpc) is 2.65.